The molecule has 104 valence electrons. The second-order valence-electron chi connectivity index (χ2n) is 5.94. The zero-order valence-corrected chi connectivity index (χ0v) is 13.0. The number of ether oxygens (including phenoxy) is 1. The molecule has 1 saturated heterocycles. The number of hydrogen-bond acceptors (Lipinski definition) is 2. The van der Waals surface area contributed by atoms with E-state index >= 15 is 0 Å². The smallest absolute Gasteiger partial charge is 0.225 e. The second-order valence-corrected chi connectivity index (χ2v) is 10.6. The highest BCUT2D eigenvalue weighted by Gasteiger charge is 2.32. The molecule has 0 saturated carbocycles. The number of carbonyl (C=O) groups is 1. The third-order valence-corrected chi connectivity index (χ3v) is 6.93. The Morgan fingerprint density at radius 2 is 2.05 bits per heavy atom. The molecule has 1 aliphatic heterocycles. The molecule has 0 bridgehead atoms. The number of hydrogen-bond donors (Lipinski definition) is 1. The lowest BCUT2D eigenvalue weighted by atomic mass is 10.0. The van der Waals surface area contributed by atoms with Gasteiger partial charge in [0, 0.05) is 12.8 Å². The van der Waals surface area contributed by atoms with Gasteiger partial charge in [0.05, 0.1) is 12.0 Å². The zero-order chi connectivity index (χ0) is 13.9. The number of rotatable bonds is 4. The summed E-state index contributed by atoms with van der Waals surface area (Å²) in [6.07, 6.45) is 1.70. The van der Waals surface area contributed by atoms with Gasteiger partial charge in [-0.05, 0) is 13.3 Å². The van der Waals surface area contributed by atoms with Gasteiger partial charge < -0.3 is 10.1 Å². The summed E-state index contributed by atoms with van der Waals surface area (Å²) in [5.41, 5.74) is 0. The Morgan fingerprint density at radius 3 is 2.63 bits per heavy atom. The van der Waals surface area contributed by atoms with Gasteiger partial charge in [-0.3, -0.25) is 4.79 Å². The van der Waals surface area contributed by atoms with Crippen molar-refractivity contribution in [3.05, 3.63) is 30.3 Å². The minimum atomic E-state index is -1.59. The van der Waals surface area contributed by atoms with Gasteiger partial charge in [0.15, 0.2) is 0 Å². The number of amides is 1. The molecule has 19 heavy (non-hydrogen) atoms. The second kappa shape index (κ2) is 5.88. The predicted octanol–water partition coefficient (Wildman–Crippen LogP) is 1.68. The van der Waals surface area contributed by atoms with Crippen LogP contribution in [0.25, 0.3) is 0 Å². The third kappa shape index (κ3) is 3.45. The van der Waals surface area contributed by atoms with Crippen molar-refractivity contribution >= 4 is 19.2 Å². The SMILES string of the molecule is C[C@H]1OCC[C@@H]1C(=O)NC[Si](C)(C)c1ccccc1. The van der Waals surface area contributed by atoms with E-state index in [1.807, 2.05) is 13.0 Å². The summed E-state index contributed by atoms with van der Waals surface area (Å²) in [4.78, 5) is 12.2. The van der Waals surface area contributed by atoms with Crippen LogP contribution < -0.4 is 10.5 Å². The molecule has 2 rings (SSSR count). The van der Waals surface area contributed by atoms with Crippen LogP contribution in [0.15, 0.2) is 30.3 Å². The quantitative estimate of drug-likeness (QED) is 0.851. The predicted molar refractivity (Wildman–Crippen MR) is 80.1 cm³/mol. The molecule has 0 aliphatic carbocycles. The van der Waals surface area contributed by atoms with Crippen LogP contribution in [0.1, 0.15) is 13.3 Å². The fourth-order valence-electron chi connectivity index (χ4n) is 2.51. The molecule has 2 atom stereocenters. The zero-order valence-electron chi connectivity index (χ0n) is 12.0. The average Bonchev–Trinajstić information content (AvgIpc) is 2.83. The van der Waals surface area contributed by atoms with E-state index in [0.717, 1.165) is 12.6 Å². The number of benzene rings is 1. The molecule has 1 N–H and O–H groups in total. The van der Waals surface area contributed by atoms with E-state index in [1.54, 1.807) is 0 Å². The van der Waals surface area contributed by atoms with Crippen LogP contribution in [-0.2, 0) is 9.53 Å². The Labute approximate surface area is 116 Å². The minimum Gasteiger partial charge on any atom is -0.378 e. The Kier molecular flexibility index (Phi) is 4.42. The molecule has 1 aromatic rings. The summed E-state index contributed by atoms with van der Waals surface area (Å²) in [5, 5.41) is 4.52. The fourth-order valence-corrected chi connectivity index (χ4v) is 4.42. The van der Waals surface area contributed by atoms with E-state index < -0.39 is 8.07 Å². The van der Waals surface area contributed by atoms with Crippen LogP contribution in [0.4, 0.5) is 0 Å². The van der Waals surface area contributed by atoms with Gasteiger partial charge in [-0.2, -0.15) is 0 Å². The van der Waals surface area contributed by atoms with Crippen LogP contribution in [0.3, 0.4) is 0 Å². The van der Waals surface area contributed by atoms with E-state index in [9.17, 15) is 4.79 Å². The summed E-state index contributed by atoms with van der Waals surface area (Å²) < 4.78 is 5.45. The molecule has 4 heteroatoms. The van der Waals surface area contributed by atoms with Gasteiger partial charge in [0.25, 0.3) is 0 Å². The third-order valence-electron chi connectivity index (χ3n) is 3.97. The molecule has 1 aliphatic rings. The van der Waals surface area contributed by atoms with Crippen molar-refractivity contribution in [2.45, 2.75) is 32.5 Å². The van der Waals surface area contributed by atoms with Crippen molar-refractivity contribution < 1.29 is 9.53 Å². The first-order valence-electron chi connectivity index (χ1n) is 6.95. The maximum absolute atomic E-state index is 12.2. The molecule has 1 heterocycles. The molecular formula is C15H23NO2Si. The Bertz CT molecular complexity index is 433. The first kappa shape index (κ1) is 14.3. The van der Waals surface area contributed by atoms with Gasteiger partial charge in [-0.25, -0.2) is 0 Å². The molecule has 3 nitrogen and oxygen atoms in total. The maximum atomic E-state index is 12.2. The van der Waals surface area contributed by atoms with Gasteiger partial charge >= 0.3 is 0 Å². The van der Waals surface area contributed by atoms with Gasteiger partial charge in [0.1, 0.15) is 8.07 Å². The monoisotopic (exact) mass is 277 g/mol. The van der Waals surface area contributed by atoms with Crippen LogP contribution >= 0.6 is 0 Å². The van der Waals surface area contributed by atoms with Crippen molar-refractivity contribution in [1.29, 1.82) is 0 Å². The molecule has 1 aromatic carbocycles. The van der Waals surface area contributed by atoms with E-state index in [1.165, 1.54) is 5.19 Å². The molecule has 0 spiro atoms. The van der Waals surface area contributed by atoms with E-state index in [0.29, 0.717) is 6.61 Å². The van der Waals surface area contributed by atoms with Crippen molar-refractivity contribution in [2.75, 3.05) is 12.8 Å². The first-order chi connectivity index (χ1) is 9.00. The Hall–Kier alpha value is -1.13. The van der Waals surface area contributed by atoms with Gasteiger partial charge in [-0.1, -0.05) is 48.6 Å². The van der Waals surface area contributed by atoms with Gasteiger partial charge in [0.2, 0.25) is 5.91 Å². The Balaban J connectivity index is 1.93. The number of nitrogens with one attached hydrogen (secondary N) is 1. The van der Waals surface area contributed by atoms with Crippen LogP contribution in [-0.4, -0.2) is 32.9 Å². The summed E-state index contributed by atoms with van der Waals surface area (Å²) in [7, 11) is -1.59. The lowest BCUT2D eigenvalue weighted by molar-refractivity contribution is -0.126. The molecule has 0 aromatic heterocycles. The molecule has 0 radical (unpaired) electrons. The lowest BCUT2D eigenvalue weighted by Gasteiger charge is -2.24. The van der Waals surface area contributed by atoms with Crippen LogP contribution in [0, 0.1) is 5.92 Å². The van der Waals surface area contributed by atoms with Crippen LogP contribution in [0.5, 0.6) is 0 Å². The average molecular weight is 277 g/mol. The van der Waals surface area contributed by atoms with Crippen molar-refractivity contribution in [1.82, 2.24) is 5.32 Å². The van der Waals surface area contributed by atoms with E-state index in [2.05, 4.69) is 42.7 Å². The highest BCUT2D eigenvalue weighted by atomic mass is 28.3. The largest absolute Gasteiger partial charge is 0.378 e. The normalized spacial score (nSPS) is 23.3. The summed E-state index contributed by atoms with van der Waals surface area (Å²) in [6, 6.07) is 10.5. The van der Waals surface area contributed by atoms with Gasteiger partial charge in [-0.15, -0.1) is 0 Å². The molecule has 0 unspecified atom stereocenters. The molecule has 1 fully saturated rings. The van der Waals surface area contributed by atoms with Crippen LogP contribution in [0.2, 0.25) is 13.1 Å². The lowest BCUT2D eigenvalue weighted by Crippen LogP contribution is -2.53. The summed E-state index contributed by atoms with van der Waals surface area (Å²) in [6.45, 7) is 7.27. The topological polar surface area (TPSA) is 38.3 Å². The summed E-state index contributed by atoms with van der Waals surface area (Å²) in [5.74, 6) is 0.182. The molecular weight excluding hydrogens is 254 g/mol. The maximum Gasteiger partial charge on any atom is 0.225 e. The fraction of sp³-hybridized carbons (Fsp3) is 0.533. The van der Waals surface area contributed by atoms with E-state index in [-0.39, 0.29) is 17.9 Å². The van der Waals surface area contributed by atoms with E-state index in [4.69, 9.17) is 4.74 Å². The van der Waals surface area contributed by atoms with Crippen molar-refractivity contribution in [2.24, 2.45) is 5.92 Å². The first-order valence-corrected chi connectivity index (χ1v) is 10.2. The van der Waals surface area contributed by atoms with Crippen molar-refractivity contribution in [3.63, 3.8) is 0 Å². The standard InChI is InChI=1S/C15H23NO2Si/c1-12-14(9-10-18-12)15(17)16-11-19(2,3)13-7-5-4-6-8-13/h4-8,12,14H,9-11H2,1-3H3,(H,16,17)/t12-,14+/m1/s1. The molecule has 1 amide bonds. The van der Waals surface area contributed by atoms with Crippen molar-refractivity contribution in [3.8, 4) is 0 Å². The summed E-state index contributed by atoms with van der Waals surface area (Å²) >= 11 is 0. The highest BCUT2D eigenvalue weighted by Crippen LogP contribution is 2.20. The number of carbonyl (C=O) groups excluding carboxylic acids is 1. The Morgan fingerprint density at radius 1 is 1.37 bits per heavy atom. The highest BCUT2D eigenvalue weighted by molar-refractivity contribution is 6.90. The minimum absolute atomic E-state index is 0.0283.